The summed E-state index contributed by atoms with van der Waals surface area (Å²) >= 11 is 1.36. The predicted molar refractivity (Wildman–Crippen MR) is 110 cm³/mol. The van der Waals surface area contributed by atoms with Gasteiger partial charge in [0.05, 0.1) is 5.69 Å². The van der Waals surface area contributed by atoms with Crippen molar-refractivity contribution in [2.24, 2.45) is 0 Å². The van der Waals surface area contributed by atoms with Crippen molar-refractivity contribution >= 4 is 27.3 Å². The molecule has 0 radical (unpaired) electrons. The van der Waals surface area contributed by atoms with E-state index in [1.807, 2.05) is 49.1 Å². The molecular formula is C20H23N5O2S. The second-order valence-corrected chi connectivity index (χ2v) is 8.24. The fraction of sp³-hybridized carbons (Fsp3) is 0.400. The summed E-state index contributed by atoms with van der Waals surface area (Å²) in [7, 11) is 0. The molecule has 1 aromatic carbocycles. The topological polar surface area (TPSA) is 79.6 Å². The molecule has 3 heterocycles. The normalized spacial score (nSPS) is 16.8. The third-order valence-corrected chi connectivity index (χ3v) is 5.90. The molecule has 4 rings (SSSR count). The number of rotatable bonds is 5. The molecule has 0 spiro atoms. The van der Waals surface area contributed by atoms with E-state index in [4.69, 9.17) is 0 Å². The standard InChI is InChI=1S/C20H23N5O2S/c1-13(2)15-11-17(26)25-19(22-15)28-20(23-25)24-10-6-9-16(24)18(27)21-12-14-7-4-3-5-8-14/h3-5,7-8,11,13,16H,6,9-10,12H2,1-2H3,(H,21,27)/t16-/m1/s1. The summed E-state index contributed by atoms with van der Waals surface area (Å²) in [6, 6.07) is 11.1. The number of hydrogen-bond donors (Lipinski definition) is 1. The number of fused-ring (bicyclic) bond motifs is 1. The molecule has 0 aliphatic carbocycles. The van der Waals surface area contributed by atoms with E-state index >= 15 is 0 Å². The van der Waals surface area contributed by atoms with Crippen molar-refractivity contribution in [1.29, 1.82) is 0 Å². The average Bonchev–Trinajstić information content (AvgIpc) is 3.33. The van der Waals surface area contributed by atoms with Crippen molar-refractivity contribution < 1.29 is 4.79 Å². The van der Waals surface area contributed by atoms with Gasteiger partial charge in [-0.1, -0.05) is 55.5 Å². The lowest BCUT2D eigenvalue weighted by Gasteiger charge is -2.22. The van der Waals surface area contributed by atoms with Gasteiger partial charge in [-0.25, -0.2) is 4.98 Å². The number of amides is 1. The van der Waals surface area contributed by atoms with Crippen molar-refractivity contribution in [1.82, 2.24) is 19.9 Å². The van der Waals surface area contributed by atoms with Crippen LogP contribution in [0, 0.1) is 0 Å². The Kier molecular flexibility index (Phi) is 5.13. The summed E-state index contributed by atoms with van der Waals surface area (Å²) in [6.07, 6.45) is 1.69. The molecule has 1 atom stereocenters. The van der Waals surface area contributed by atoms with Crippen LogP contribution in [0.3, 0.4) is 0 Å². The van der Waals surface area contributed by atoms with Crippen LogP contribution in [0.5, 0.6) is 0 Å². The molecule has 1 fully saturated rings. The summed E-state index contributed by atoms with van der Waals surface area (Å²) in [5.74, 6) is 0.162. The lowest BCUT2D eigenvalue weighted by atomic mass is 10.1. The number of hydrogen-bond acceptors (Lipinski definition) is 6. The molecular weight excluding hydrogens is 374 g/mol. The van der Waals surface area contributed by atoms with Gasteiger partial charge in [0.2, 0.25) is 16.0 Å². The second-order valence-electron chi connectivity index (χ2n) is 7.31. The van der Waals surface area contributed by atoms with E-state index in [1.54, 1.807) is 0 Å². The van der Waals surface area contributed by atoms with Crippen LogP contribution in [0.15, 0.2) is 41.2 Å². The van der Waals surface area contributed by atoms with E-state index in [1.165, 1.54) is 21.9 Å². The van der Waals surface area contributed by atoms with E-state index in [0.29, 0.717) is 16.6 Å². The number of aromatic nitrogens is 3. The molecule has 1 aliphatic heterocycles. The first kappa shape index (κ1) is 18.6. The Morgan fingerprint density at radius 2 is 2.11 bits per heavy atom. The third-order valence-electron chi connectivity index (χ3n) is 4.96. The zero-order valence-corrected chi connectivity index (χ0v) is 16.8. The predicted octanol–water partition coefficient (Wildman–Crippen LogP) is 2.56. The van der Waals surface area contributed by atoms with Crippen LogP contribution in [0.1, 0.15) is 43.9 Å². The molecule has 8 heteroatoms. The lowest BCUT2D eigenvalue weighted by Crippen LogP contribution is -2.43. The highest BCUT2D eigenvalue weighted by atomic mass is 32.1. The minimum Gasteiger partial charge on any atom is -0.350 e. The Labute approximate surface area is 167 Å². The quantitative estimate of drug-likeness (QED) is 0.716. The highest BCUT2D eigenvalue weighted by Gasteiger charge is 2.33. The zero-order chi connectivity index (χ0) is 19.7. The average molecular weight is 398 g/mol. The summed E-state index contributed by atoms with van der Waals surface area (Å²) in [4.78, 5) is 32.3. The minimum absolute atomic E-state index is 0.0104. The summed E-state index contributed by atoms with van der Waals surface area (Å²) in [5, 5.41) is 8.14. The Bertz CT molecular complexity index is 1040. The van der Waals surface area contributed by atoms with Crippen molar-refractivity contribution in [3.05, 3.63) is 58.0 Å². The van der Waals surface area contributed by atoms with Gasteiger partial charge in [0.15, 0.2) is 0 Å². The highest BCUT2D eigenvalue weighted by molar-refractivity contribution is 7.20. The van der Waals surface area contributed by atoms with Crippen LogP contribution in [-0.4, -0.2) is 33.1 Å². The Balaban J connectivity index is 1.55. The van der Waals surface area contributed by atoms with Gasteiger partial charge in [0, 0.05) is 19.2 Å². The Morgan fingerprint density at radius 3 is 2.86 bits per heavy atom. The van der Waals surface area contributed by atoms with Gasteiger partial charge >= 0.3 is 0 Å². The second kappa shape index (κ2) is 7.71. The fourth-order valence-electron chi connectivity index (χ4n) is 3.40. The number of benzene rings is 1. The van der Waals surface area contributed by atoms with Gasteiger partial charge in [-0.15, -0.1) is 5.10 Å². The molecule has 1 aliphatic rings. The molecule has 28 heavy (non-hydrogen) atoms. The SMILES string of the molecule is CC(C)c1cc(=O)n2nc(N3CCC[C@@H]3C(=O)NCc3ccccc3)sc2n1. The largest absolute Gasteiger partial charge is 0.350 e. The van der Waals surface area contributed by atoms with Gasteiger partial charge in [-0.3, -0.25) is 9.59 Å². The number of nitrogens with one attached hydrogen (secondary N) is 1. The third kappa shape index (κ3) is 3.64. The molecule has 0 bridgehead atoms. The number of anilines is 1. The molecule has 0 unspecified atom stereocenters. The number of carbonyl (C=O) groups is 1. The van der Waals surface area contributed by atoms with Crippen molar-refractivity contribution in [2.75, 3.05) is 11.4 Å². The summed E-state index contributed by atoms with van der Waals surface area (Å²) in [5.41, 5.74) is 1.65. The molecule has 1 N–H and O–H groups in total. The fourth-order valence-corrected chi connectivity index (χ4v) is 4.39. The molecule has 146 valence electrons. The van der Waals surface area contributed by atoms with Crippen LogP contribution < -0.4 is 15.8 Å². The van der Waals surface area contributed by atoms with E-state index < -0.39 is 0 Å². The van der Waals surface area contributed by atoms with Crippen molar-refractivity contribution in [3.8, 4) is 0 Å². The van der Waals surface area contributed by atoms with Gasteiger partial charge in [-0.2, -0.15) is 4.52 Å². The van der Waals surface area contributed by atoms with Gasteiger partial charge in [-0.05, 0) is 24.3 Å². The lowest BCUT2D eigenvalue weighted by molar-refractivity contribution is -0.122. The van der Waals surface area contributed by atoms with Crippen LogP contribution in [0.4, 0.5) is 5.13 Å². The maximum Gasteiger partial charge on any atom is 0.275 e. The Hall–Kier alpha value is -2.74. The van der Waals surface area contributed by atoms with Crippen molar-refractivity contribution in [3.63, 3.8) is 0 Å². The van der Waals surface area contributed by atoms with E-state index in [0.717, 1.165) is 30.6 Å². The molecule has 2 aromatic heterocycles. The Morgan fingerprint density at radius 1 is 1.32 bits per heavy atom. The summed E-state index contributed by atoms with van der Waals surface area (Å²) in [6.45, 7) is 5.26. The van der Waals surface area contributed by atoms with Crippen LogP contribution in [0.2, 0.25) is 0 Å². The smallest absolute Gasteiger partial charge is 0.275 e. The van der Waals surface area contributed by atoms with E-state index in [2.05, 4.69) is 15.4 Å². The molecule has 0 saturated carbocycles. The van der Waals surface area contributed by atoms with Gasteiger partial charge < -0.3 is 10.2 Å². The van der Waals surface area contributed by atoms with Gasteiger partial charge in [0.1, 0.15) is 6.04 Å². The van der Waals surface area contributed by atoms with Crippen molar-refractivity contribution in [2.45, 2.75) is 45.2 Å². The molecule has 1 amide bonds. The minimum atomic E-state index is -0.274. The molecule has 3 aromatic rings. The zero-order valence-electron chi connectivity index (χ0n) is 16.0. The number of nitrogens with zero attached hydrogens (tertiary/aromatic N) is 4. The number of carbonyl (C=O) groups excluding carboxylic acids is 1. The van der Waals surface area contributed by atoms with E-state index in [9.17, 15) is 9.59 Å². The first-order chi connectivity index (χ1) is 13.5. The first-order valence-electron chi connectivity index (χ1n) is 9.52. The monoisotopic (exact) mass is 397 g/mol. The summed E-state index contributed by atoms with van der Waals surface area (Å²) < 4.78 is 1.34. The van der Waals surface area contributed by atoms with Crippen LogP contribution in [-0.2, 0) is 11.3 Å². The van der Waals surface area contributed by atoms with E-state index in [-0.39, 0.29) is 23.4 Å². The maximum atomic E-state index is 12.8. The highest BCUT2D eigenvalue weighted by Crippen LogP contribution is 2.29. The van der Waals surface area contributed by atoms with Gasteiger partial charge in [0.25, 0.3) is 5.56 Å². The molecule has 1 saturated heterocycles. The van der Waals surface area contributed by atoms with Crippen LogP contribution in [0.25, 0.3) is 4.96 Å². The molecule has 7 nitrogen and oxygen atoms in total. The maximum absolute atomic E-state index is 12.8. The first-order valence-corrected chi connectivity index (χ1v) is 10.3. The van der Waals surface area contributed by atoms with Crippen LogP contribution >= 0.6 is 11.3 Å².